The lowest BCUT2D eigenvalue weighted by atomic mass is 10.0. The summed E-state index contributed by atoms with van der Waals surface area (Å²) in [5.41, 5.74) is 0.0961. The molecule has 3 heteroatoms. The first-order valence-corrected chi connectivity index (χ1v) is 3.91. The average Bonchev–Trinajstić information content (AvgIpc) is 2.29. The molecule has 0 amide bonds. The largest absolute Gasteiger partial charge is 0.468 e. The highest BCUT2D eigenvalue weighted by Crippen LogP contribution is 2.22. The summed E-state index contributed by atoms with van der Waals surface area (Å²) in [5, 5.41) is 3.21. The maximum absolute atomic E-state index is 11.0. The zero-order valence-electron chi connectivity index (χ0n) is 7.31. The normalized spacial score (nSPS) is 28.5. The molecule has 0 aromatic rings. The van der Waals surface area contributed by atoms with Gasteiger partial charge in [0.1, 0.15) is 6.04 Å². The van der Waals surface area contributed by atoms with Gasteiger partial charge in [-0.1, -0.05) is 0 Å². The van der Waals surface area contributed by atoms with E-state index in [1.807, 2.05) is 0 Å². The molecule has 1 rings (SSSR count). The molecule has 11 heavy (non-hydrogen) atoms. The number of ether oxygens (including phenoxy) is 1. The molecule has 0 radical (unpaired) electrons. The highest BCUT2D eigenvalue weighted by atomic mass is 16.5. The predicted octanol–water partition coefficient (Wildman–Crippen LogP) is 0.690. The summed E-state index contributed by atoms with van der Waals surface area (Å²) in [5.74, 6) is -0.143. The Bertz CT molecular complexity index is 165. The van der Waals surface area contributed by atoms with Gasteiger partial charge in [0, 0.05) is 5.54 Å². The Kier molecular flexibility index (Phi) is 2.18. The van der Waals surface area contributed by atoms with E-state index in [0.717, 1.165) is 12.8 Å². The van der Waals surface area contributed by atoms with Crippen LogP contribution < -0.4 is 5.32 Å². The van der Waals surface area contributed by atoms with Gasteiger partial charge >= 0.3 is 5.97 Å². The van der Waals surface area contributed by atoms with Crippen LogP contribution in [-0.2, 0) is 9.53 Å². The molecule has 0 bridgehead atoms. The molecule has 1 atom stereocenters. The van der Waals surface area contributed by atoms with E-state index < -0.39 is 0 Å². The summed E-state index contributed by atoms with van der Waals surface area (Å²) in [6.45, 7) is 4.19. The smallest absolute Gasteiger partial charge is 0.322 e. The molecule has 1 heterocycles. The lowest BCUT2D eigenvalue weighted by Gasteiger charge is -2.18. The van der Waals surface area contributed by atoms with Gasteiger partial charge in [-0.05, 0) is 26.7 Å². The number of methoxy groups -OCH3 is 1. The van der Waals surface area contributed by atoms with E-state index in [9.17, 15) is 4.79 Å². The van der Waals surface area contributed by atoms with Gasteiger partial charge in [-0.3, -0.25) is 10.1 Å². The number of nitrogens with one attached hydrogen (secondary N) is 1. The Hall–Kier alpha value is -0.570. The van der Waals surface area contributed by atoms with Crippen LogP contribution in [0.15, 0.2) is 0 Å². The third kappa shape index (κ3) is 1.93. The molecule has 0 saturated carbocycles. The maximum atomic E-state index is 11.0. The zero-order chi connectivity index (χ0) is 8.48. The summed E-state index contributed by atoms with van der Waals surface area (Å²) in [4.78, 5) is 11.0. The summed E-state index contributed by atoms with van der Waals surface area (Å²) >= 11 is 0. The van der Waals surface area contributed by atoms with E-state index >= 15 is 0 Å². The van der Waals surface area contributed by atoms with Crippen molar-refractivity contribution in [1.82, 2.24) is 5.32 Å². The first kappa shape index (κ1) is 8.53. The first-order chi connectivity index (χ1) is 5.05. The summed E-state index contributed by atoms with van der Waals surface area (Å²) in [6.07, 6.45) is 1.92. The van der Waals surface area contributed by atoms with Crippen molar-refractivity contribution < 1.29 is 9.53 Å². The van der Waals surface area contributed by atoms with Crippen LogP contribution in [0.1, 0.15) is 26.7 Å². The molecule has 0 spiro atoms. The fourth-order valence-corrected chi connectivity index (χ4v) is 1.44. The lowest BCUT2D eigenvalue weighted by molar-refractivity contribution is -0.142. The van der Waals surface area contributed by atoms with Crippen molar-refractivity contribution in [2.45, 2.75) is 38.3 Å². The van der Waals surface area contributed by atoms with E-state index in [2.05, 4.69) is 23.9 Å². The third-order valence-corrected chi connectivity index (χ3v) is 2.11. The minimum absolute atomic E-state index is 0.0880. The quantitative estimate of drug-likeness (QED) is 0.569. The maximum Gasteiger partial charge on any atom is 0.322 e. The zero-order valence-corrected chi connectivity index (χ0v) is 7.31. The summed E-state index contributed by atoms with van der Waals surface area (Å²) in [6, 6.07) is -0.0880. The topological polar surface area (TPSA) is 38.3 Å². The minimum Gasteiger partial charge on any atom is -0.468 e. The molecule has 1 saturated heterocycles. The minimum atomic E-state index is -0.143. The van der Waals surface area contributed by atoms with Crippen LogP contribution in [0.25, 0.3) is 0 Å². The molecule has 1 fully saturated rings. The van der Waals surface area contributed by atoms with Gasteiger partial charge in [-0.25, -0.2) is 0 Å². The van der Waals surface area contributed by atoms with Crippen LogP contribution in [0.3, 0.4) is 0 Å². The van der Waals surface area contributed by atoms with Crippen molar-refractivity contribution in [3.63, 3.8) is 0 Å². The SMILES string of the molecule is COC(=O)[C@@H]1CCC(C)(C)N1. The molecule has 0 aromatic carbocycles. The summed E-state index contributed by atoms with van der Waals surface area (Å²) in [7, 11) is 1.43. The Labute approximate surface area is 67.1 Å². The molecule has 0 unspecified atom stereocenters. The van der Waals surface area contributed by atoms with Crippen molar-refractivity contribution in [3.8, 4) is 0 Å². The fourth-order valence-electron chi connectivity index (χ4n) is 1.44. The van der Waals surface area contributed by atoms with Crippen molar-refractivity contribution in [3.05, 3.63) is 0 Å². The van der Waals surface area contributed by atoms with E-state index in [1.54, 1.807) is 0 Å². The lowest BCUT2D eigenvalue weighted by Crippen LogP contribution is -2.41. The van der Waals surface area contributed by atoms with E-state index in [-0.39, 0.29) is 17.6 Å². The predicted molar refractivity (Wildman–Crippen MR) is 42.3 cm³/mol. The van der Waals surface area contributed by atoms with Crippen molar-refractivity contribution >= 4 is 5.97 Å². The van der Waals surface area contributed by atoms with Gasteiger partial charge in [0.2, 0.25) is 0 Å². The fraction of sp³-hybridized carbons (Fsp3) is 0.875. The monoisotopic (exact) mass is 157 g/mol. The van der Waals surface area contributed by atoms with Gasteiger partial charge in [-0.15, -0.1) is 0 Å². The second-order valence-electron chi connectivity index (χ2n) is 3.64. The Morgan fingerprint density at radius 1 is 1.64 bits per heavy atom. The molecule has 0 aromatic heterocycles. The number of carbonyl (C=O) groups excluding carboxylic acids is 1. The second-order valence-corrected chi connectivity index (χ2v) is 3.64. The van der Waals surface area contributed by atoms with Crippen LogP contribution >= 0.6 is 0 Å². The van der Waals surface area contributed by atoms with Gasteiger partial charge < -0.3 is 4.74 Å². The second kappa shape index (κ2) is 2.81. The molecule has 64 valence electrons. The van der Waals surface area contributed by atoms with Crippen molar-refractivity contribution in [1.29, 1.82) is 0 Å². The van der Waals surface area contributed by atoms with Crippen LogP contribution in [0.4, 0.5) is 0 Å². The Morgan fingerprint density at radius 3 is 2.64 bits per heavy atom. The highest BCUT2D eigenvalue weighted by Gasteiger charge is 2.34. The van der Waals surface area contributed by atoms with E-state index in [0.29, 0.717) is 0 Å². The summed E-state index contributed by atoms with van der Waals surface area (Å²) < 4.78 is 4.63. The molecular weight excluding hydrogens is 142 g/mol. The van der Waals surface area contributed by atoms with Crippen LogP contribution in [0, 0.1) is 0 Å². The van der Waals surface area contributed by atoms with Crippen molar-refractivity contribution in [2.75, 3.05) is 7.11 Å². The molecular formula is C8H15NO2. The highest BCUT2D eigenvalue weighted by molar-refractivity contribution is 5.76. The molecule has 1 N–H and O–H groups in total. The first-order valence-electron chi connectivity index (χ1n) is 3.91. The third-order valence-electron chi connectivity index (χ3n) is 2.11. The van der Waals surface area contributed by atoms with E-state index in [4.69, 9.17) is 0 Å². The standard InChI is InChI=1S/C8H15NO2/c1-8(2)5-4-6(9-8)7(10)11-3/h6,9H,4-5H2,1-3H3/t6-/m0/s1. The molecule has 3 nitrogen and oxygen atoms in total. The van der Waals surface area contributed by atoms with Gasteiger partial charge in [0.25, 0.3) is 0 Å². The molecule has 1 aliphatic heterocycles. The average molecular weight is 157 g/mol. The van der Waals surface area contributed by atoms with Gasteiger partial charge in [-0.2, -0.15) is 0 Å². The molecule has 1 aliphatic rings. The Balaban J connectivity index is 2.48. The van der Waals surface area contributed by atoms with Crippen LogP contribution in [0.2, 0.25) is 0 Å². The van der Waals surface area contributed by atoms with E-state index in [1.165, 1.54) is 7.11 Å². The number of carbonyl (C=O) groups is 1. The number of hydrogen-bond acceptors (Lipinski definition) is 3. The number of rotatable bonds is 1. The van der Waals surface area contributed by atoms with Gasteiger partial charge in [0.15, 0.2) is 0 Å². The number of hydrogen-bond donors (Lipinski definition) is 1. The van der Waals surface area contributed by atoms with Crippen LogP contribution in [-0.4, -0.2) is 24.7 Å². The van der Waals surface area contributed by atoms with Gasteiger partial charge in [0.05, 0.1) is 7.11 Å². The number of esters is 1. The molecule has 0 aliphatic carbocycles. The van der Waals surface area contributed by atoms with Crippen molar-refractivity contribution in [2.24, 2.45) is 0 Å². The van der Waals surface area contributed by atoms with Crippen LogP contribution in [0.5, 0.6) is 0 Å². The Morgan fingerprint density at radius 2 is 2.27 bits per heavy atom.